The van der Waals surface area contributed by atoms with E-state index in [1.54, 1.807) is 5.92 Å². The fourth-order valence-corrected chi connectivity index (χ4v) is 5.69. The molecule has 3 nitrogen and oxygen atoms in total. The zero-order valence-electron chi connectivity index (χ0n) is 14.7. The second-order valence-corrected chi connectivity index (χ2v) is 8.39. The zero-order valence-corrected chi connectivity index (χ0v) is 16.9. The maximum Gasteiger partial charge on any atom is 0.129 e. The number of hydrogen-bond donors (Lipinski definition) is 2. The lowest BCUT2D eigenvalue weighted by Gasteiger charge is -2.48. The van der Waals surface area contributed by atoms with Crippen molar-refractivity contribution in [3.8, 4) is 0 Å². The van der Waals surface area contributed by atoms with Gasteiger partial charge in [-0.2, -0.15) is 0 Å². The Hall–Kier alpha value is 0.480. The fourth-order valence-electron chi connectivity index (χ4n) is 5.69. The third-order valence-electron chi connectivity index (χ3n) is 6.59. The lowest BCUT2D eigenvalue weighted by Crippen LogP contribution is -3.00. The number of hydrogen-bond acceptors (Lipinski definition) is 3. The van der Waals surface area contributed by atoms with Crippen molar-refractivity contribution in [2.75, 3.05) is 6.61 Å². The van der Waals surface area contributed by atoms with Gasteiger partial charge in [0.1, 0.15) is 24.0 Å². The Balaban J connectivity index is 0.00000192. The molecule has 3 fully saturated rings. The van der Waals surface area contributed by atoms with Crippen LogP contribution in [-0.4, -0.2) is 35.1 Å². The van der Waals surface area contributed by atoms with Crippen LogP contribution in [0, 0.1) is 35.5 Å². The Morgan fingerprint density at radius 2 is 1.87 bits per heavy atom. The summed E-state index contributed by atoms with van der Waals surface area (Å²) in [5.41, 5.74) is 0. The summed E-state index contributed by atoms with van der Waals surface area (Å²) in [7, 11) is 0. The van der Waals surface area contributed by atoms with Crippen LogP contribution in [0.1, 0.15) is 59.3 Å². The highest BCUT2D eigenvalue weighted by atomic mass is 127. The first-order chi connectivity index (χ1) is 10.5. The summed E-state index contributed by atoms with van der Waals surface area (Å²) in [4.78, 5) is 0. The Bertz CT molecular complexity index is 378. The molecule has 3 rings (SSSR count). The van der Waals surface area contributed by atoms with Crippen molar-refractivity contribution < 1.29 is 38.9 Å². The number of aliphatic hydroxyl groups excluding tert-OH is 2. The van der Waals surface area contributed by atoms with Gasteiger partial charge >= 0.3 is 0 Å². The van der Waals surface area contributed by atoms with Gasteiger partial charge in [0.15, 0.2) is 0 Å². The maximum absolute atomic E-state index is 9.74. The van der Waals surface area contributed by atoms with Gasteiger partial charge in [-0.05, 0) is 50.4 Å². The lowest BCUT2D eigenvalue weighted by molar-refractivity contribution is -0.152. The average Bonchev–Trinajstić information content (AvgIpc) is 2.47. The van der Waals surface area contributed by atoms with Crippen LogP contribution in [0.5, 0.6) is 0 Å². The second-order valence-electron chi connectivity index (χ2n) is 8.39. The van der Waals surface area contributed by atoms with Crippen molar-refractivity contribution >= 4 is 0 Å². The molecule has 2 aliphatic carbocycles. The van der Waals surface area contributed by atoms with Gasteiger partial charge in [-0.1, -0.05) is 13.8 Å². The number of rotatable bonds is 3. The van der Waals surface area contributed by atoms with Crippen LogP contribution in [-0.2, 0) is 4.74 Å². The molecule has 0 aromatic carbocycles. The van der Waals surface area contributed by atoms with E-state index in [4.69, 9.17) is 9.84 Å². The highest BCUT2D eigenvalue weighted by Gasteiger charge is 2.56. The minimum absolute atomic E-state index is 0. The van der Waals surface area contributed by atoms with Gasteiger partial charge in [0.2, 0.25) is 0 Å². The molecule has 0 aromatic rings. The van der Waals surface area contributed by atoms with Crippen molar-refractivity contribution in [3.05, 3.63) is 5.92 Å². The monoisotopic (exact) mass is 436 g/mol. The summed E-state index contributed by atoms with van der Waals surface area (Å²) in [6.07, 6.45) is 6.99. The second kappa shape index (κ2) is 8.24. The molecule has 0 spiro atoms. The molecule has 8 atom stereocenters. The SMILES string of the molecule is C[C+]1C2CC(CC(O)CO)CCC2OC2CC(C)CC(C)C12.[I-]. The van der Waals surface area contributed by atoms with Crippen LogP contribution in [0.4, 0.5) is 0 Å². The maximum atomic E-state index is 9.74. The average molecular weight is 436 g/mol. The van der Waals surface area contributed by atoms with E-state index in [0.29, 0.717) is 30.0 Å². The summed E-state index contributed by atoms with van der Waals surface area (Å²) < 4.78 is 6.55. The number of ether oxygens (including phenoxy) is 1. The molecule has 1 saturated heterocycles. The summed E-state index contributed by atoms with van der Waals surface area (Å²) >= 11 is 0. The highest BCUT2D eigenvalue weighted by molar-refractivity contribution is 5.12. The predicted octanol–water partition coefficient (Wildman–Crippen LogP) is 0.194. The largest absolute Gasteiger partial charge is 1.00 e. The van der Waals surface area contributed by atoms with Crippen LogP contribution < -0.4 is 24.0 Å². The van der Waals surface area contributed by atoms with Gasteiger partial charge in [-0.15, -0.1) is 0 Å². The van der Waals surface area contributed by atoms with E-state index in [0.717, 1.165) is 37.5 Å². The van der Waals surface area contributed by atoms with Crippen LogP contribution in [0.3, 0.4) is 0 Å². The molecule has 0 amide bonds. The van der Waals surface area contributed by atoms with Crippen molar-refractivity contribution in [2.24, 2.45) is 29.6 Å². The fraction of sp³-hybridized carbons (Fsp3) is 0.947. The summed E-state index contributed by atoms with van der Waals surface area (Å²) in [6, 6.07) is 0. The standard InChI is InChI=1S/C19H33O3.HI/c1-11-6-12(2)19-13(3)16-9-14(8-15(21)10-20)4-5-17(16)22-18(19)7-11;/h11-12,14-21H,4-10H2,1-3H3;1H/q+1;/p-1. The molecule has 2 N–H and O–H groups in total. The quantitative estimate of drug-likeness (QED) is 0.491. The third-order valence-corrected chi connectivity index (χ3v) is 6.59. The van der Waals surface area contributed by atoms with E-state index >= 15 is 0 Å². The van der Waals surface area contributed by atoms with Crippen molar-refractivity contribution in [3.63, 3.8) is 0 Å². The van der Waals surface area contributed by atoms with E-state index in [2.05, 4.69) is 20.8 Å². The number of halogens is 1. The highest BCUT2D eigenvalue weighted by Crippen LogP contribution is 2.52. The minimum atomic E-state index is -0.548. The molecular formula is C19H33IO3. The smallest absolute Gasteiger partial charge is 0.129 e. The summed E-state index contributed by atoms with van der Waals surface area (Å²) in [5, 5.41) is 18.8. The van der Waals surface area contributed by atoms with Crippen LogP contribution in [0.2, 0.25) is 0 Å². The summed E-state index contributed by atoms with van der Waals surface area (Å²) in [6.45, 7) is 7.03. The van der Waals surface area contributed by atoms with Crippen molar-refractivity contribution in [1.29, 1.82) is 0 Å². The molecular weight excluding hydrogens is 403 g/mol. The molecule has 134 valence electrons. The van der Waals surface area contributed by atoms with Crippen LogP contribution in [0.25, 0.3) is 0 Å². The molecule has 0 bridgehead atoms. The predicted molar refractivity (Wildman–Crippen MR) is 87.2 cm³/mol. The van der Waals surface area contributed by atoms with Gasteiger partial charge in [0, 0.05) is 5.92 Å². The Morgan fingerprint density at radius 1 is 1.13 bits per heavy atom. The van der Waals surface area contributed by atoms with E-state index < -0.39 is 6.10 Å². The molecule has 2 saturated carbocycles. The van der Waals surface area contributed by atoms with E-state index in [1.165, 1.54) is 12.8 Å². The minimum Gasteiger partial charge on any atom is -1.00 e. The Morgan fingerprint density at radius 3 is 2.57 bits per heavy atom. The summed E-state index contributed by atoms with van der Waals surface area (Å²) in [5.74, 6) is 4.94. The van der Waals surface area contributed by atoms with E-state index in [1.807, 2.05) is 0 Å². The topological polar surface area (TPSA) is 49.7 Å². The normalized spacial score (nSPS) is 44.7. The molecule has 0 radical (unpaired) electrons. The molecule has 8 unspecified atom stereocenters. The van der Waals surface area contributed by atoms with E-state index in [-0.39, 0.29) is 30.6 Å². The van der Waals surface area contributed by atoms with Crippen LogP contribution >= 0.6 is 0 Å². The number of aliphatic hydroxyl groups is 2. The van der Waals surface area contributed by atoms with E-state index in [9.17, 15) is 5.11 Å². The first-order valence-corrected chi connectivity index (χ1v) is 9.27. The third kappa shape index (κ3) is 4.18. The molecule has 1 aliphatic heterocycles. The lowest BCUT2D eigenvalue weighted by atomic mass is 9.59. The molecule has 23 heavy (non-hydrogen) atoms. The zero-order chi connectivity index (χ0) is 15.9. The molecule has 0 aromatic heterocycles. The molecule has 3 aliphatic rings. The van der Waals surface area contributed by atoms with Crippen molar-refractivity contribution in [2.45, 2.75) is 77.6 Å². The van der Waals surface area contributed by atoms with Gasteiger partial charge in [-0.25, -0.2) is 0 Å². The number of fused-ring (bicyclic) bond motifs is 2. The van der Waals surface area contributed by atoms with Crippen LogP contribution in [0.15, 0.2) is 0 Å². The van der Waals surface area contributed by atoms with Gasteiger partial charge in [0.25, 0.3) is 0 Å². The first kappa shape index (κ1) is 19.8. The molecule has 4 heteroatoms. The van der Waals surface area contributed by atoms with Gasteiger partial charge < -0.3 is 38.9 Å². The van der Waals surface area contributed by atoms with Gasteiger partial charge in [0.05, 0.1) is 25.6 Å². The van der Waals surface area contributed by atoms with Gasteiger partial charge in [-0.3, -0.25) is 0 Å². The first-order valence-electron chi connectivity index (χ1n) is 9.27. The molecule has 1 heterocycles. The Kier molecular flexibility index (Phi) is 7.09. The Labute approximate surface area is 158 Å². The van der Waals surface area contributed by atoms with Crippen molar-refractivity contribution in [1.82, 2.24) is 0 Å².